The summed E-state index contributed by atoms with van der Waals surface area (Å²) in [6, 6.07) is 7.16. The number of hydrogen-bond donors (Lipinski definition) is 2. The molecule has 0 bridgehead atoms. The van der Waals surface area contributed by atoms with Gasteiger partial charge in [-0.3, -0.25) is 9.59 Å². The normalized spacial score (nSPS) is 9.16. The second-order valence-corrected chi connectivity index (χ2v) is 4.15. The van der Waals surface area contributed by atoms with Crippen molar-refractivity contribution in [1.29, 1.82) is 0 Å². The molecule has 0 saturated heterocycles. The highest BCUT2D eigenvalue weighted by Crippen LogP contribution is 2.08. The molecule has 1 rings (SSSR count). The first kappa shape index (κ1) is 15.1. The number of carbonyl (C=O) groups is 2. The fourth-order valence-electron chi connectivity index (χ4n) is 1.30. The first-order valence-electron chi connectivity index (χ1n) is 5.81. The van der Waals surface area contributed by atoms with Gasteiger partial charge in [-0.1, -0.05) is 11.8 Å². The molecule has 1 aromatic rings. The van der Waals surface area contributed by atoms with Crippen molar-refractivity contribution in [1.82, 2.24) is 5.32 Å². The van der Waals surface area contributed by atoms with Crippen LogP contribution in [0.4, 0.5) is 5.69 Å². The minimum absolute atomic E-state index is 0.106. The summed E-state index contributed by atoms with van der Waals surface area (Å²) in [5.41, 5.74) is 1.55. The van der Waals surface area contributed by atoms with Gasteiger partial charge in [0.25, 0.3) is 0 Å². The van der Waals surface area contributed by atoms with Gasteiger partial charge in [0.1, 0.15) is 0 Å². The van der Waals surface area contributed by atoms with Gasteiger partial charge >= 0.3 is 0 Å². The summed E-state index contributed by atoms with van der Waals surface area (Å²) in [6.07, 6.45) is 0.300. The second kappa shape index (κ2) is 8.17. The van der Waals surface area contributed by atoms with Crippen LogP contribution in [0.2, 0.25) is 0 Å². The maximum atomic E-state index is 11.1. The predicted octanol–water partition coefficient (Wildman–Crippen LogP) is 1.74. The first-order chi connectivity index (χ1) is 9.11. The highest BCUT2D eigenvalue weighted by molar-refractivity contribution is 6.18. The van der Waals surface area contributed by atoms with Gasteiger partial charge in [-0.15, -0.1) is 11.6 Å². The van der Waals surface area contributed by atoms with Gasteiger partial charge in [-0.05, 0) is 24.3 Å². The van der Waals surface area contributed by atoms with E-state index in [2.05, 4.69) is 22.5 Å². The van der Waals surface area contributed by atoms with Crippen LogP contribution in [0.5, 0.6) is 0 Å². The SMILES string of the molecule is CC(=O)Nc1ccc(C#CCNC(=O)CCCl)cc1. The molecular formula is C14H15ClN2O2. The molecule has 2 N–H and O–H groups in total. The average Bonchev–Trinajstić information content (AvgIpc) is 2.36. The maximum Gasteiger partial charge on any atom is 0.221 e. The quantitative estimate of drug-likeness (QED) is 0.651. The molecule has 0 saturated carbocycles. The summed E-state index contributed by atoms with van der Waals surface area (Å²) in [7, 11) is 0. The second-order valence-electron chi connectivity index (χ2n) is 3.78. The lowest BCUT2D eigenvalue weighted by Gasteiger charge is -2.00. The Hall–Kier alpha value is -1.99. The van der Waals surface area contributed by atoms with E-state index in [4.69, 9.17) is 11.6 Å². The molecule has 0 aromatic heterocycles. The molecule has 0 atom stereocenters. The van der Waals surface area contributed by atoms with Crippen LogP contribution in [-0.4, -0.2) is 24.2 Å². The Bertz CT molecular complexity index is 500. The van der Waals surface area contributed by atoms with Gasteiger partial charge in [0.05, 0.1) is 6.54 Å². The van der Waals surface area contributed by atoms with E-state index in [1.807, 2.05) is 0 Å². The minimum atomic E-state index is -0.110. The number of nitrogens with one attached hydrogen (secondary N) is 2. The van der Waals surface area contributed by atoms with Gasteiger partial charge in [0, 0.05) is 30.5 Å². The van der Waals surface area contributed by atoms with Crippen LogP contribution < -0.4 is 10.6 Å². The zero-order chi connectivity index (χ0) is 14.1. The van der Waals surface area contributed by atoms with Crippen molar-refractivity contribution >= 4 is 29.1 Å². The van der Waals surface area contributed by atoms with E-state index < -0.39 is 0 Å². The Labute approximate surface area is 117 Å². The standard InChI is InChI=1S/C14H15ClN2O2/c1-11(18)17-13-6-4-12(5-7-13)3-2-10-16-14(19)8-9-15/h4-7H,8-10H2,1H3,(H,16,19)(H,17,18). The van der Waals surface area contributed by atoms with Gasteiger partial charge in [0.15, 0.2) is 0 Å². The third-order valence-corrected chi connectivity index (χ3v) is 2.32. The van der Waals surface area contributed by atoms with E-state index in [0.717, 1.165) is 11.3 Å². The monoisotopic (exact) mass is 278 g/mol. The number of hydrogen-bond acceptors (Lipinski definition) is 2. The highest BCUT2D eigenvalue weighted by Gasteiger charge is 1.96. The van der Waals surface area contributed by atoms with Crippen molar-refractivity contribution < 1.29 is 9.59 Å². The van der Waals surface area contributed by atoms with Crippen LogP contribution in [-0.2, 0) is 9.59 Å². The number of carbonyl (C=O) groups excluding carboxylic acids is 2. The summed E-state index contributed by atoms with van der Waals surface area (Å²) >= 11 is 5.43. The summed E-state index contributed by atoms with van der Waals surface area (Å²) in [6.45, 7) is 1.75. The van der Waals surface area contributed by atoms with Crippen molar-refractivity contribution in [2.75, 3.05) is 17.7 Å². The number of rotatable bonds is 4. The van der Waals surface area contributed by atoms with E-state index in [1.54, 1.807) is 24.3 Å². The van der Waals surface area contributed by atoms with Crippen LogP contribution in [0.1, 0.15) is 18.9 Å². The zero-order valence-electron chi connectivity index (χ0n) is 10.6. The van der Waals surface area contributed by atoms with E-state index in [-0.39, 0.29) is 11.8 Å². The van der Waals surface area contributed by atoms with Crippen LogP contribution in [0.25, 0.3) is 0 Å². The minimum Gasteiger partial charge on any atom is -0.345 e. The molecule has 1 aromatic carbocycles. The lowest BCUT2D eigenvalue weighted by Crippen LogP contribution is -2.23. The van der Waals surface area contributed by atoms with E-state index in [9.17, 15) is 9.59 Å². The third kappa shape index (κ3) is 6.49. The molecule has 0 fully saturated rings. The molecule has 100 valence electrons. The topological polar surface area (TPSA) is 58.2 Å². The number of halogens is 1. The van der Waals surface area contributed by atoms with Crippen molar-refractivity contribution in [3.05, 3.63) is 29.8 Å². The molecule has 5 heteroatoms. The van der Waals surface area contributed by atoms with Crippen molar-refractivity contribution in [3.8, 4) is 11.8 Å². The molecule has 4 nitrogen and oxygen atoms in total. The maximum absolute atomic E-state index is 11.1. The molecule has 0 aliphatic rings. The molecule has 0 aliphatic heterocycles. The molecule has 2 amide bonds. The fraction of sp³-hybridized carbons (Fsp3) is 0.286. The summed E-state index contributed by atoms with van der Waals surface area (Å²) in [5.74, 6) is 5.84. The molecule has 0 aliphatic carbocycles. The Morgan fingerprint density at radius 2 is 1.95 bits per heavy atom. The zero-order valence-corrected chi connectivity index (χ0v) is 11.4. The first-order valence-corrected chi connectivity index (χ1v) is 6.34. The van der Waals surface area contributed by atoms with Gasteiger partial charge in [0.2, 0.25) is 11.8 Å². The lowest BCUT2D eigenvalue weighted by atomic mass is 10.2. The van der Waals surface area contributed by atoms with Gasteiger partial charge in [-0.2, -0.15) is 0 Å². The molecule has 0 unspecified atom stereocenters. The van der Waals surface area contributed by atoms with E-state index in [0.29, 0.717) is 18.8 Å². The molecular weight excluding hydrogens is 264 g/mol. The summed E-state index contributed by atoms with van der Waals surface area (Å²) in [5, 5.41) is 5.31. The summed E-state index contributed by atoms with van der Waals surface area (Å²) in [4.78, 5) is 21.9. The van der Waals surface area contributed by atoms with Crippen LogP contribution in [0.3, 0.4) is 0 Å². The number of alkyl halides is 1. The number of benzene rings is 1. The van der Waals surface area contributed by atoms with Gasteiger partial charge in [-0.25, -0.2) is 0 Å². The van der Waals surface area contributed by atoms with E-state index >= 15 is 0 Å². The van der Waals surface area contributed by atoms with Crippen LogP contribution >= 0.6 is 11.6 Å². The van der Waals surface area contributed by atoms with Crippen LogP contribution in [0, 0.1) is 11.8 Å². The Morgan fingerprint density at radius 3 is 2.53 bits per heavy atom. The van der Waals surface area contributed by atoms with Crippen molar-refractivity contribution in [3.63, 3.8) is 0 Å². The smallest absolute Gasteiger partial charge is 0.221 e. The predicted molar refractivity (Wildman–Crippen MR) is 76.0 cm³/mol. The lowest BCUT2D eigenvalue weighted by molar-refractivity contribution is -0.120. The Morgan fingerprint density at radius 1 is 1.26 bits per heavy atom. The highest BCUT2D eigenvalue weighted by atomic mass is 35.5. The largest absolute Gasteiger partial charge is 0.345 e. The summed E-state index contributed by atoms with van der Waals surface area (Å²) < 4.78 is 0. The molecule has 0 heterocycles. The molecule has 0 radical (unpaired) electrons. The Balaban J connectivity index is 2.45. The third-order valence-electron chi connectivity index (χ3n) is 2.13. The van der Waals surface area contributed by atoms with E-state index in [1.165, 1.54) is 6.92 Å². The van der Waals surface area contributed by atoms with Crippen molar-refractivity contribution in [2.24, 2.45) is 0 Å². The van der Waals surface area contributed by atoms with Crippen molar-refractivity contribution in [2.45, 2.75) is 13.3 Å². The molecule has 0 spiro atoms. The van der Waals surface area contributed by atoms with Crippen LogP contribution in [0.15, 0.2) is 24.3 Å². The average molecular weight is 279 g/mol. The van der Waals surface area contributed by atoms with Gasteiger partial charge < -0.3 is 10.6 Å². The molecule has 19 heavy (non-hydrogen) atoms. The fourth-order valence-corrected chi connectivity index (χ4v) is 1.48. The Kier molecular flexibility index (Phi) is 6.48. The number of amides is 2. The number of anilines is 1.